The molecule has 0 heterocycles. The first-order valence-corrected chi connectivity index (χ1v) is 7.62. The zero-order valence-corrected chi connectivity index (χ0v) is 11.8. The molecule has 1 aliphatic rings. The fourth-order valence-corrected chi connectivity index (χ4v) is 3.17. The summed E-state index contributed by atoms with van der Waals surface area (Å²) in [6, 6.07) is 6.47. The molecule has 0 radical (unpaired) electrons. The third kappa shape index (κ3) is 2.88. The van der Waals surface area contributed by atoms with Gasteiger partial charge >= 0.3 is 0 Å². The van der Waals surface area contributed by atoms with Crippen LogP contribution in [-0.2, 0) is 10.0 Å². The first kappa shape index (κ1) is 13.5. The van der Waals surface area contributed by atoms with Crippen LogP contribution in [0.15, 0.2) is 29.2 Å². The van der Waals surface area contributed by atoms with Crippen LogP contribution in [0.5, 0.6) is 0 Å². The maximum Gasteiger partial charge on any atom is 0.242 e. The Balaban J connectivity index is 2.27. The Bertz CT molecular complexity index is 565. The van der Waals surface area contributed by atoms with E-state index < -0.39 is 10.0 Å². The Morgan fingerprint density at radius 2 is 2.17 bits per heavy atom. The van der Waals surface area contributed by atoms with E-state index in [1.54, 1.807) is 25.2 Å². The van der Waals surface area contributed by atoms with E-state index in [4.69, 9.17) is 18.0 Å². The minimum Gasteiger partial charge on any atom is -0.389 e. The van der Waals surface area contributed by atoms with Gasteiger partial charge in [-0.3, -0.25) is 0 Å². The van der Waals surface area contributed by atoms with Crippen LogP contribution in [-0.4, -0.2) is 31.3 Å². The Hall–Kier alpha value is -0.980. The van der Waals surface area contributed by atoms with Crippen molar-refractivity contribution >= 4 is 27.2 Å². The Labute approximate surface area is 113 Å². The lowest BCUT2D eigenvalue weighted by Crippen LogP contribution is -2.29. The molecule has 98 valence electrons. The fraction of sp³-hybridized carbons (Fsp3) is 0.417. The molecule has 0 aliphatic heterocycles. The minimum absolute atomic E-state index is 0.205. The highest BCUT2D eigenvalue weighted by Gasteiger charge is 2.29. The minimum atomic E-state index is -3.43. The molecular formula is C12H16N2O2S2. The third-order valence-corrected chi connectivity index (χ3v) is 5.09. The molecule has 0 atom stereocenters. The van der Waals surface area contributed by atoms with E-state index in [0.29, 0.717) is 18.0 Å². The smallest absolute Gasteiger partial charge is 0.242 e. The predicted molar refractivity (Wildman–Crippen MR) is 74.9 cm³/mol. The van der Waals surface area contributed by atoms with E-state index in [9.17, 15) is 8.42 Å². The average Bonchev–Trinajstić information content (AvgIpc) is 3.13. The molecule has 18 heavy (non-hydrogen) atoms. The largest absolute Gasteiger partial charge is 0.389 e. The van der Waals surface area contributed by atoms with E-state index in [-0.39, 0.29) is 9.88 Å². The van der Waals surface area contributed by atoms with Crippen molar-refractivity contribution in [1.29, 1.82) is 0 Å². The fourth-order valence-electron chi connectivity index (χ4n) is 1.75. The number of hydrogen-bond donors (Lipinski definition) is 1. The molecule has 0 spiro atoms. The summed E-state index contributed by atoms with van der Waals surface area (Å²) in [4.78, 5) is 0.452. The lowest BCUT2D eigenvalue weighted by atomic mass is 10.2. The standard InChI is InChI=1S/C12H16N2O2S2/c1-14(8-9-5-6-9)18(15,16)11-4-2-3-10(7-11)12(13)17/h2-4,7,9H,5-6,8H2,1H3,(H2,13,17). The molecule has 2 N–H and O–H groups in total. The Kier molecular flexibility index (Phi) is 3.70. The van der Waals surface area contributed by atoms with Gasteiger partial charge in [-0.25, -0.2) is 12.7 Å². The van der Waals surface area contributed by atoms with Gasteiger partial charge in [0.2, 0.25) is 10.0 Å². The van der Waals surface area contributed by atoms with Crippen LogP contribution < -0.4 is 5.73 Å². The highest BCUT2D eigenvalue weighted by atomic mass is 32.2. The van der Waals surface area contributed by atoms with Crippen molar-refractivity contribution < 1.29 is 8.42 Å². The summed E-state index contributed by atoms with van der Waals surface area (Å²) in [7, 11) is -1.82. The maximum atomic E-state index is 12.3. The highest BCUT2D eigenvalue weighted by Crippen LogP contribution is 2.31. The van der Waals surface area contributed by atoms with E-state index >= 15 is 0 Å². The highest BCUT2D eigenvalue weighted by molar-refractivity contribution is 7.89. The van der Waals surface area contributed by atoms with Gasteiger partial charge < -0.3 is 5.73 Å². The second-order valence-corrected chi connectivity index (χ2v) is 7.11. The number of rotatable bonds is 5. The predicted octanol–water partition coefficient (Wildman–Crippen LogP) is 1.35. The molecule has 4 nitrogen and oxygen atoms in total. The zero-order valence-electron chi connectivity index (χ0n) is 10.2. The van der Waals surface area contributed by atoms with Crippen LogP contribution in [0.25, 0.3) is 0 Å². The van der Waals surface area contributed by atoms with Crippen LogP contribution in [0, 0.1) is 5.92 Å². The number of sulfonamides is 1. The van der Waals surface area contributed by atoms with Gasteiger partial charge in [0.25, 0.3) is 0 Å². The van der Waals surface area contributed by atoms with Crippen molar-refractivity contribution in [3.63, 3.8) is 0 Å². The molecule has 2 rings (SSSR count). The first-order valence-electron chi connectivity index (χ1n) is 5.77. The van der Waals surface area contributed by atoms with Gasteiger partial charge in [-0.15, -0.1) is 0 Å². The summed E-state index contributed by atoms with van der Waals surface area (Å²) in [5.74, 6) is 0.517. The van der Waals surface area contributed by atoms with Crippen molar-refractivity contribution in [2.45, 2.75) is 17.7 Å². The Morgan fingerprint density at radius 3 is 2.72 bits per heavy atom. The summed E-state index contributed by atoms with van der Waals surface area (Å²) >= 11 is 4.86. The van der Waals surface area contributed by atoms with Crippen LogP contribution >= 0.6 is 12.2 Å². The number of nitrogens with two attached hydrogens (primary N) is 1. The summed E-state index contributed by atoms with van der Waals surface area (Å²) in [5.41, 5.74) is 6.09. The van der Waals surface area contributed by atoms with Gasteiger partial charge in [0.05, 0.1) is 4.90 Å². The SMILES string of the molecule is CN(CC1CC1)S(=O)(=O)c1cccc(C(N)=S)c1. The molecule has 0 amide bonds. The van der Waals surface area contributed by atoms with Crippen LogP contribution in [0.1, 0.15) is 18.4 Å². The van der Waals surface area contributed by atoms with Crippen molar-refractivity contribution in [1.82, 2.24) is 4.31 Å². The van der Waals surface area contributed by atoms with Crippen LogP contribution in [0.3, 0.4) is 0 Å². The van der Waals surface area contributed by atoms with Crippen molar-refractivity contribution in [3.8, 4) is 0 Å². The zero-order chi connectivity index (χ0) is 13.3. The van der Waals surface area contributed by atoms with Crippen LogP contribution in [0.2, 0.25) is 0 Å². The molecule has 0 saturated heterocycles. The maximum absolute atomic E-state index is 12.3. The molecule has 0 unspecified atom stereocenters. The number of hydrogen-bond acceptors (Lipinski definition) is 3. The first-order chi connectivity index (χ1) is 8.41. The van der Waals surface area contributed by atoms with Crippen molar-refractivity contribution in [2.75, 3.05) is 13.6 Å². The molecular weight excluding hydrogens is 268 g/mol. The summed E-state index contributed by atoms with van der Waals surface area (Å²) in [5, 5.41) is 0. The monoisotopic (exact) mass is 284 g/mol. The molecule has 0 aromatic heterocycles. The van der Waals surface area contributed by atoms with Crippen molar-refractivity contribution in [3.05, 3.63) is 29.8 Å². The molecule has 1 saturated carbocycles. The normalized spacial score (nSPS) is 15.9. The van der Waals surface area contributed by atoms with Crippen molar-refractivity contribution in [2.24, 2.45) is 11.7 Å². The molecule has 0 bridgehead atoms. The van der Waals surface area contributed by atoms with E-state index in [0.717, 1.165) is 12.8 Å². The van der Waals surface area contributed by atoms with E-state index in [2.05, 4.69) is 0 Å². The summed E-state index contributed by atoms with van der Waals surface area (Å²) < 4.78 is 26.0. The van der Waals surface area contributed by atoms with Crippen LogP contribution in [0.4, 0.5) is 0 Å². The van der Waals surface area contributed by atoms with Gasteiger partial charge in [-0.2, -0.15) is 0 Å². The lowest BCUT2D eigenvalue weighted by molar-refractivity contribution is 0.453. The molecule has 1 fully saturated rings. The third-order valence-electron chi connectivity index (χ3n) is 3.04. The van der Waals surface area contributed by atoms with Gasteiger partial charge in [-0.05, 0) is 30.9 Å². The topological polar surface area (TPSA) is 63.4 Å². The molecule has 1 aromatic rings. The number of thiocarbonyl (C=S) groups is 1. The van der Waals surface area contributed by atoms with Gasteiger partial charge in [0.1, 0.15) is 4.99 Å². The average molecular weight is 284 g/mol. The molecule has 1 aromatic carbocycles. The lowest BCUT2D eigenvalue weighted by Gasteiger charge is -2.17. The number of benzene rings is 1. The van der Waals surface area contributed by atoms with Gasteiger partial charge in [0.15, 0.2) is 0 Å². The molecule has 1 aliphatic carbocycles. The second kappa shape index (κ2) is 4.95. The second-order valence-electron chi connectivity index (χ2n) is 4.62. The quantitative estimate of drug-likeness (QED) is 0.829. The van der Waals surface area contributed by atoms with Gasteiger partial charge in [-0.1, -0.05) is 24.4 Å². The summed E-state index contributed by atoms with van der Waals surface area (Å²) in [6.45, 7) is 0.583. The molecule has 6 heteroatoms. The Morgan fingerprint density at radius 1 is 1.50 bits per heavy atom. The van der Waals surface area contributed by atoms with Gasteiger partial charge in [0, 0.05) is 19.2 Å². The number of nitrogens with zero attached hydrogens (tertiary/aromatic N) is 1. The van der Waals surface area contributed by atoms with E-state index in [1.165, 1.54) is 10.4 Å². The van der Waals surface area contributed by atoms with E-state index in [1.807, 2.05) is 0 Å². The summed E-state index contributed by atoms with van der Waals surface area (Å²) in [6.07, 6.45) is 2.24.